The lowest BCUT2D eigenvalue weighted by Gasteiger charge is -2.53. The van der Waals surface area contributed by atoms with Gasteiger partial charge in [-0.05, 0) is 42.7 Å². The Kier molecular flexibility index (Phi) is 1.83. The third-order valence-electron chi connectivity index (χ3n) is 5.70. The van der Waals surface area contributed by atoms with Gasteiger partial charge in [-0.1, -0.05) is 19.6 Å². The first kappa shape index (κ1) is 11.8. The van der Waals surface area contributed by atoms with Crippen LogP contribution in [-0.2, 0) is 5.41 Å². The Hall–Kier alpha value is -1.32. The van der Waals surface area contributed by atoms with Crippen LogP contribution in [0.3, 0.4) is 0 Å². The Balaban J connectivity index is 2.29. The molecular weight excluding hydrogens is 222 g/mol. The van der Waals surface area contributed by atoms with Crippen LogP contribution in [0, 0.1) is 0 Å². The highest BCUT2D eigenvalue weighted by Crippen LogP contribution is 2.68. The van der Waals surface area contributed by atoms with Crippen molar-refractivity contribution in [2.45, 2.75) is 43.2 Å². The Morgan fingerprint density at radius 3 is 2.39 bits per heavy atom. The lowest BCUT2D eigenvalue weighted by Crippen LogP contribution is -2.68. The normalized spacial score (nSPS) is 45.4. The van der Waals surface area contributed by atoms with E-state index in [9.17, 15) is 0 Å². The van der Waals surface area contributed by atoms with Crippen molar-refractivity contribution >= 4 is 5.69 Å². The summed E-state index contributed by atoms with van der Waals surface area (Å²) in [4.78, 5) is 0. The van der Waals surface area contributed by atoms with Gasteiger partial charge in [-0.15, -0.1) is 0 Å². The van der Waals surface area contributed by atoms with Crippen molar-refractivity contribution in [3.63, 3.8) is 0 Å². The molecule has 3 nitrogen and oxygen atoms in total. The smallest absolute Gasteiger partial charge is 0.0532 e. The minimum Gasteiger partial charge on any atom is -0.399 e. The summed E-state index contributed by atoms with van der Waals surface area (Å²) in [5, 5.41) is 0. The van der Waals surface area contributed by atoms with Crippen LogP contribution >= 0.6 is 0 Å². The van der Waals surface area contributed by atoms with Crippen LogP contribution in [0.5, 0.6) is 0 Å². The zero-order valence-electron chi connectivity index (χ0n) is 11.2. The van der Waals surface area contributed by atoms with Gasteiger partial charge in [-0.2, -0.15) is 0 Å². The van der Waals surface area contributed by atoms with Crippen LogP contribution < -0.4 is 17.2 Å². The van der Waals surface area contributed by atoms with Gasteiger partial charge in [0, 0.05) is 22.6 Å². The second-order valence-electron chi connectivity index (χ2n) is 6.41. The van der Waals surface area contributed by atoms with Crippen LogP contribution in [0.15, 0.2) is 30.4 Å². The first-order valence-corrected chi connectivity index (χ1v) is 6.32. The topological polar surface area (TPSA) is 78.1 Å². The highest BCUT2D eigenvalue weighted by Gasteiger charge is 2.70. The quantitative estimate of drug-likeness (QED) is 0.478. The molecule has 0 aromatic heterocycles. The maximum Gasteiger partial charge on any atom is 0.0532 e. The van der Waals surface area contributed by atoms with E-state index < -0.39 is 11.1 Å². The Bertz CT molecular complexity index is 571. The molecule has 0 radical (unpaired) electrons. The van der Waals surface area contributed by atoms with E-state index in [2.05, 4.69) is 19.6 Å². The molecule has 1 aromatic rings. The summed E-state index contributed by atoms with van der Waals surface area (Å²) in [6, 6.07) is 6.05. The molecule has 1 fully saturated rings. The van der Waals surface area contributed by atoms with Crippen molar-refractivity contribution < 1.29 is 0 Å². The molecular formula is C15H21N3. The number of hydrogen-bond acceptors (Lipinski definition) is 3. The van der Waals surface area contributed by atoms with E-state index in [1.165, 1.54) is 11.1 Å². The SMILES string of the molecule is C=C1C2c3cc(N)ccc3C2(C)C(C)(N)[C@@]1(C)N. The fraction of sp³-hybridized carbons (Fsp3) is 0.467. The summed E-state index contributed by atoms with van der Waals surface area (Å²) in [6.45, 7) is 10.4. The van der Waals surface area contributed by atoms with Crippen molar-refractivity contribution in [1.29, 1.82) is 0 Å². The van der Waals surface area contributed by atoms with Gasteiger partial charge < -0.3 is 17.2 Å². The zero-order valence-corrected chi connectivity index (χ0v) is 11.2. The fourth-order valence-electron chi connectivity index (χ4n) is 3.97. The molecule has 3 heteroatoms. The van der Waals surface area contributed by atoms with Gasteiger partial charge in [0.25, 0.3) is 0 Å². The molecule has 0 bridgehead atoms. The van der Waals surface area contributed by atoms with Gasteiger partial charge in [-0.3, -0.25) is 0 Å². The highest BCUT2D eigenvalue weighted by atomic mass is 15.0. The van der Waals surface area contributed by atoms with Crippen LogP contribution in [0.2, 0.25) is 0 Å². The average Bonchev–Trinajstić information content (AvgIpc) is 2.34. The van der Waals surface area contributed by atoms with E-state index >= 15 is 0 Å². The molecule has 0 heterocycles. The van der Waals surface area contributed by atoms with Gasteiger partial charge in [-0.25, -0.2) is 0 Å². The van der Waals surface area contributed by atoms with Crippen LogP contribution in [0.25, 0.3) is 0 Å². The Morgan fingerprint density at radius 1 is 1.17 bits per heavy atom. The number of fused-ring (bicyclic) bond motifs is 4. The van der Waals surface area contributed by atoms with E-state index in [4.69, 9.17) is 17.2 Å². The molecule has 2 aliphatic carbocycles. The van der Waals surface area contributed by atoms with Gasteiger partial charge in [0.1, 0.15) is 0 Å². The van der Waals surface area contributed by atoms with Gasteiger partial charge in [0.2, 0.25) is 0 Å². The largest absolute Gasteiger partial charge is 0.399 e. The summed E-state index contributed by atoms with van der Waals surface area (Å²) < 4.78 is 0. The van der Waals surface area contributed by atoms with Gasteiger partial charge in [0.15, 0.2) is 0 Å². The summed E-state index contributed by atoms with van der Waals surface area (Å²) in [7, 11) is 0. The summed E-state index contributed by atoms with van der Waals surface area (Å²) in [5.74, 6) is 0.223. The number of anilines is 1. The van der Waals surface area contributed by atoms with Crippen LogP contribution in [0.1, 0.15) is 37.8 Å². The lowest BCUT2D eigenvalue weighted by molar-refractivity contribution is 0.199. The number of nitrogen functional groups attached to an aromatic ring is 1. The van der Waals surface area contributed by atoms with E-state index in [-0.39, 0.29) is 11.3 Å². The molecule has 3 unspecified atom stereocenters. The van der Waals surface area contributed by atoms with Crippen molar-refractivity contribution in [1.82, 2.24) is 0 Å². The molecule has 0 spiro atoms. The van der Waals surface area contributed by atoms with Crippen LogP contribution in [0.4, 0.5) is 5.69 Å². The van der Waals surface area contributed by atoms with E-state index in [0.717, 1.165) is 11.3 Å². The number of nitrogens with two attached hydrogens (primary N) is 3. The summed E-state index contributed by atoms with van der Waals surface area (Å²) in [5.41, 5.74) is 22.0. The van der Waals surface area contributed by atoms with Gasteiger partial charge >= 0.3 is 0 Å². The summed E-state index contributed by atoms with van der Waals surface area (Å²) in [6.07, 6.45) is 0. The highest BCUT2D eigenvalue weighted by molar-refractivity contribution is 5.67. The zero-order chi connectivity index (χ0) is 13.5. The average molecular weight is 243 g/mol. The van der Waals surface area contributed by atoms with E-state index in [1.807, 2.05) is 26.0 Å². The lowest BCUT2D eigenvalue weighted by atomic mass is 9.53. The van der Waals surface area contributed by atoms with Crippen molar-refractivity contribution in [3.8, 4) is 0 Å². The molecule has 1 saturated carbocycles. The second-order valence-corrected chi connectivity index (χ2v) is 6.41. The van der Waals surface area contributed by atoms with Crippen LogP contribution in [-0.4, -0.2) is 11.1 Å². The molecule has 0 saturated heterocycles. The van der Waals surface area contributed by atoms with Crippen molar-refractivity contribution in [2.24, 2.45) is 11.5 Å². The molecule has 96 valence electrons. The number of hydrogen-bond donors (Lipinski definition) is 3. The molecule has 6 N–H and O–H groups in total. The minimum absolute atomic E-state index is 0.142. The van der Waals surface area contributed by atoms with Gasteiger partial charge in [0.05, 0.1) is 5.54 Å². The van der Waals surface area contributed by atoms with Crippen molar-refractivity contribution in [3.05, 3.63) is 41.5 Å². The molecule has 0 aliphatic heterocycles. The Labute approximate surface area is 108 Å². The maximum atomic E-state index is 6.60. The monoisotopic (exact) mass is 243 g/mol. The third kappa shape index (κ3) is 0.886. The first-order valence-electron chi connectivity index (χ1n) is 6.32. The third-order valence-corrected chi connectivity index (χ3v) is 5.70. The minimum atomic E-state index is -0.569. The fourth-order valence-corrected chi connectivity index (χ4v) is 3.97. The molecule has 2 aliphatic rings. The second kappa shape index (κ2) is 2.81. The molecule has 0 amide bonds. The number of benzene rings is 1. The standard InChI is InChI=1S/C15H21N3/c1-8-12-10-7-9(16)5-6-11(10)13(12,2)15(4,18)14(8,3)17/h5-7,12H,1,16-18H2,2-4H3/t12?,13?,14-,15?/m0/s1. The van der Waals surface area contributed by atoms with E-state index in [1.54, 1.807) is 0 Å². The predicted octanol–water partition coefficient (Wildman–Crippen LogP) is 1.63. The predicted molar refractivity (Wildman–Crippen MR) is 75.3 cm³/mol. The first-order chi connectivity index (χ1) is 8.15. The van der Waals surface area contributed by atoms with Crippen molar-refractivity contribution in [2.75, 3.05) is 5.73 Å². The van der Waals surface area contributed by atoms with E-state index in [0.29, 0.717) is 0 Å². The molecule has 4 atom stereocenters. The number of rotatable bonds is 0. The maximum absolute atomic E-state index is 6.60. The molecule has 3 rings (SSSR count). The Morgan fingerprint density at radius 2 is 1.78 bits per heavy atom. The molecule has 1 aromatic carbocycles. The summed E-state index contributed by atoms with van der Waals surface area (Å²) >= 11 is 0. The molecule has 18 heavy (non-hydrogen) atoms.